The maximum atomic E-state index is 11.8. The minimum atomic E-state index is -0.152. The van der Waals surface area contributed by atoms with Gasteiger partial charge in [0.2, 0.25) is 5.91 Å². The van der Waals surface area contributed by atoms with Crippen molar-refractivity contribution in [3.05, 3.63) is 46.5 Å². The first-order valence-corrected chi connectivity index (χ1v) is 9.50. The van der Waals surface area contributed by atoms with Gasteiger partial charge in [0, 0.05) is 18.7 Å². The topological polar surface area (TPSA) is 69.0 Å². The highest BCUT2D eigenvalue weighted by molar-refractivity contribution is 6.30. The zero-order valence-corrected chi connectivity index (χ0v) is 15.6. The lowest BCUT2D eigenvalue weighted by atomic mass is 9.63. The van der Waals surface area contributed by atoms with Crippen molar-refractivity contribution in [2.45, 2.75) is 43.6 Å². The van der Waals surface area contributed by atoms with Gasteiger partial charge in [0.15, 0.2) is 5.82 Å². The predicted octanol–water partition coefficient (Wildman–Crippen LogP) is 2.65. The molecule has 2 heterocycles. The van der Waals surface area contributed by atoms with E-state index in [1.54, 1.807) is 7.05 Å². The summed E-state index contributed by atoms with van der Waals surface area (Å²) < 4.78 is 7.61. The molecule has 1 N–H and O–H groups in total. The molecule has 1 aliphatic heterocycles. The number of nitrogens with zero attached hydrogens (tertiary/aromatic N) is 3. The molecule has 6 nitrogen and oxygen atoms in total. The Labute approximate surface area is 157 Å². The standard InChI is InChI=1S/C19H23ClN4O2/c1-21-17(25)11-16-22-18(24(23-16)15-7-10-26-12-15)19(8-2-9-19)13-3-5-14(20)6-4-13/h3-6,15H,2,7-12H2,1H3,(H,21,25). The molecule has 1 saturated carbocycles. The molecule has 1 aliphatic carbocycles. The molecule has 1 atom stereocenters. The number of ether oxygens (including phenoxy) is 1. The summed E-state index contributed by atoms with van der Waals surface area (Å²) >= 11 is 6.09. The Morgan fingerprint density at radius 1 is 1.38 bits per heavy atom. The molecule has 0 spiro atoms. The molecule has 2 aliphatic rings. The van der Waals surface area contributed by atoms with Crippen molar-refractivity contribution in [3.63, 3.8) is 0 Å². The van der Waals surface area contributed by atoms with Crippen molar-refractivity contribution in [2.75, 3.05) is 20.3 Å². The first kappa shape index (κ1) is 17.5. The lowest BCUT2D eigenvalue weighted by Gasteiger charge is -2.42. The van der Waals surface area contributed by atoms with E-state index in [1.165, 1.54) is 5.56 Å². The number of hydrogen-bond acceptors (Lipinski definition) is 4. The van der Waals surface area contributed by atoms with Crippen LogP contribution in [0.4, 0.5) is 0 Å². The highest BCUT2D eigenvalue weighted by Gasteiger charge is 2.45. The van der Waals surface area contributed by atoms with E-state index in [0.717, 1.165) is 43.1 Å². The van der Waals surface area contributed by atoms with Crippen LogP contribution in [0.1, 0.15) is 48.9 Å². The van der Waals surface area contributed by atoms with Crippen molar-refractivity contribution in [2.24, 2.45) is 0 Å². The fraction of sp³-hybridized carbons (Fsp3) is 0.526. The van der Waals surface area contributed by atoms with Crippen LogP contribution < -0.4 is 5.32 Å². The first-order chi connectivity index (χ1) is 12.6. The second-order valence-electron chi connectivity index (χ2n) is 7.11. The molecular weight excluding hydrogens is 352 g/mol. The minimum absolute atomic E-state index is 0.0782. The Hall–Kier alpha value is -1.92. The lowest BCUT2D eigenvalue weighted by molar-refractivity contribution is -0.120. The summed E-state index contributed by atoms with van der Waals surface area (Å²) in [5, 5.41) is 8.09. The quantitative estimate of drug-likeness (QED) is 0.873. The van der Waals surface area contributed by atoms with E-state index >= 15 is 0 Å². The second kappa shape index (κ2) is 7.00. The summed E-state index contributed by atoms with van der Waals surface area (Å²) in [6.07, 6.45) is 4.33. The number of rotatable bonds is 5. The van der Waals surface area contributed by atoms with Crippen LogP contribution in [0.3, 0.4) is 0 Å². The number of nitrogens with one attached hydrogen (secondary N) is 1. The minimum Gasteiger partial charge on any atom is -0.379 e. The van der Waals surface area contributed by atoms with E-state index in [1.807, 2.05) is 16.8 Å². The van der Waals surface area contributed by atoms with Gasteiger partial charge < -0.3 is 10.1 Å². The third kappa shape index (κ3) is 3.01. The summed E-state index contributed by atoms with van der Waals surface area (Å²) in [6, 6.07) is 8.22. The maximum Gasteiger partial charge on any atom is 0.227 e. The average Bonchev–Trinajstić information content (AvgIpc) is 3.25. The summed E-state index contributed by atoms with van der Waals surface area (Å²) in [5.41, 5.74) is 1.06. The summed E-state index contributed by atoms with van der Waals surface area (Å²) in [6.45, 7) is 1.38. The molecule has 4 rings (SSSR count). The van der Waals surface area contributed by atoms with E-state index in [-0.39, 0.29) is 23.8 Å². The molecule has 7 heteroatoms. The third-order valence-corrected chi connectivity index (χ3v) is 5.81. The number of amides is 1. The Bertz CT molecular complexity index is 792. The number of carbonyl (C=O) groups is 1. The van der Waals surface area contributed by atoms with Crippen molar-refractivity contribution < 1.29 is 9.53 Å². The number of hydrogen-bond donors (Lipinski definition) is 1. The third-order valence-electron chi connectivity index (χ3n) is 5.56. The number of likely N-dealkylation sites (N-methyl/N-ethyl adjacent to an activating group) is 1. The molecule has 138 valence electrons. The van der Waals surface area contributed by atoms with E-state index in [9.17, 15) is 4.79 Å². The molecule has 0 radical (unpaired) electrons. The molecular formula is C19H23ClN4O2. The number of benzene rings is 1. The van der Waals surface area contributed by atoms with Gasteiger partial charge in [-0.05, 0) is 37.0 Å². The van der Waals surface area contributed by atoms with Gasteiger partial charge in [0.25, 0.3) is 0 Å². The fourth-order valence-corrected chi connectivity index (χ4v) is 4.04. The monoisotopic (exact) mass is 374 g/mol. The van der Waals surface area contributed by atoms with Crippen LogP contribution in [-0.4, -0.2) is 40.9 Å². The Morgan fingerprint density at radius 3 is 2.73 bits per heavy atom. The average molecular weight is 375 g/mol. The lowest BCUT2D eigenvalue weighted by Crippen LogP contribution is -2.39. The van der Waals surface area contributed by atoms with Gasteiger partial charge in [-0.25, -0.2) is 9.67 Å². The SMILES string of the molecule is CNC(=O)Cc1nc(C2(c3ccc(Cl)cc3)CCC2)n(C2CCOC2)n1. The second-order valence-corrected chi connectivity index (χ2v) is 7.54. The maximum absolute atomic E-state index is 11.8. The molecule has 1 amide bonds. The summed E-state index contributed by atoms with van der Waals surface area (Å²) in [7, 11) is 1.63. The van der Waals surface area contributed by atoms with Crippen molar-refractivity contribution in [1.29, 1.82) is 0 Å². The van der Waals surface area contributed by atoms with Crippen molar-refractivity contribution >= 4 is 17.5 Å². The molecule has 0 bridgehead atoms. The molecule has 2 fully saturated rings. The van der Waals surface area contributed by atoms with Gasteiger partial charge in [-0.2, -0.15) is 5.10 Å². The largest absolute Gasteiger partial charge is 0.379 e. The van der Waals surface area contributed by atoms with Crippen LogP contribution in [0, 0.1) is 0 Å². The van der Waals surface area contributed by atoms with E-state index in [0.29, 0.717) is 12.4 Å². The molecule has 1 aromatic carbocycles. The van der Waals surface area contributed by atoms with Gasteiger partial charge in [-0.1, -0.05) is 30.2 Å². The van der Waals surface area contributed by atoms with Gasteiger partial charge in [-0.15, -0.1) is 0 Å². The summed E-state index contributed by atoms with van der Waals surface area (Å²) in [5.74, 6) is 1.46. The predicted molar refractivity (Wildman–Crippen MR) is 98.3 cm³/mol. The summed E-state index contributed by atoms with van der Waals surface area (Å²) in [4.78, 5) is 16.7. The molecule has 1 saturated heterocycles. The van der Waals surface area contributed by atoms with E-state index < -0.39 is 0 Å². The molecule has 2 aromatic rings. The number of carbonyl (C=O) groups excluding carboxylic acids is 1. The smallest absolute Gasteiger partial charge is 0.227 e. The van der Waals surface area contributed by atoms with E-state index in [4.69, 9.17) is 26.4 Å². The Morgan fingerprint density at radius 2 is 2.15 bits per heavy atom. The zero-order valence-electron chi connectivity index (χ0n) is 14.9. The highest BCUT2D eigenvalue weighted by Crippen LogP contribution is 2.49. The Kier molecular flexibility index (Phi) is 4.71. The Balaban J connectivity index is 1.77. The van der Waals surface area contributed by atoms with Crippen LogP contribution in [0.25, 0.3) is 0 Å². The van der Waals surface area contributed by atoms with Crippen LogP contribution in [0.2, 0.25) is 5.02 Å². The van der Waals surface area contributed by atoms with Gasteiger partial charge >= 0.3 is 0 Å². The zero-order chi connectivity index (χ0) is 18.1. The first-order valence-electron chi connectivity index (χ1n) is 9.13. The highest BCUT2D eigenvalue weighted by atomic mass is 35.5. The van der Waals surface area contributed by atoms with E-state index in [2.05, 4.69) is 17.4 Å². The number of halogens is 1. The fourth-order valence-electron chi connectivity index (χ4n) is 3.91. The molecule has 1 aromatic heterocycles. The molecule has 26 heavy (non-hydrogen) atoms. The van der Waals surface area contributed by atoms with Crippen molar-refractivity contribution in [3.8, 4) is 0 Å². The van der Waals surface area contributed by atoms with Crippen LogP contribution in [0.15, 0.2) is 24.3 Å². The van der Waals surface area contributed by atoms with Gasteiger partial charge in [0.1, 0.15) is 5.82 Å². The van der Waals surface area contributed by atoms with Crippen LogP contribution >= 0.6 is 11.6 Å². The molecule has 1 unspecified atom stereocenters. The normalized spacial score (nSPS) is 21.4. The van der Waals surface area contributed by atoms with Gasteiger partial charge in [0.05, 0.1) is 24.5 Å². The van der Waals surface area contributed by atoms with Crippen LogP contribution in [-0.2, 0) is 21.4 Å². The van der Waals surface area contributed by atoms with Crippen LogP contribution in [0.5, 0.6) is 0 Å². The van der Waals surface area contributed by atoms with Crippen molar-refractivity contribution in [1.82, 2.24) is 20.1 Å². The number of aromatic nitrogens is 3. The van der Waals surface area contributed by atoms with Gasteiger partial charge in [-0.3, -0.25) is 4.79 Å².